The molecule has 154 valence electrons. The Kier molecular flexibility index (Phi) is 4.32. The van der Waals surface area contributed by atoms with Crippen molar-refractivity contribution < 1.29 is 9.59 Å². The molecule has 2 amide bonds. The van der Waals surface area contributed by atoms with Crippen LogP contribution in [0.1, 0.15) is 52.1 Å². The number of anilines is 1. The highest BCUT2D eigenvalue weighted by Gasteiger charge is 2.34. The Labute approximate surface area is 179 Å². The SMILES string of the molecule is C=C(C)/C(=C\C=N)NC(=O)c1cnn(-c2ccc3c4c(cccc24)C(=O)N3)c1C1CC1. The lowest BCUT2D eigenvalue weighted by molar-refractivity contribution is 0.0964. The zero-order valence-electron chi connectivity index (χ0n) is 17.0. The Hall–Kier alpha value is -4.00. The van der Waals surface area contributed by atoms with E-state index in [2.05, 4.69) is 22.3 Å². The summed E-state index contributed by atoms with van der Waals surface area (Å²) in [4.78, 5) is 25.3. The van der Waals surface area contributed by atoms with Gasteiger partial charge in [-0.25, -0.2) is 4.68 Å². The monoisotopic (exact) mass is 411 g/mol. The fraction of sp³-hybridized carbons (Fsp3) is 0.167. The molecule has 7 heteroatoms. The van der Waals surface area contributed by atoms with Gasteiger partial charge in [0.15, 0.2) is 0 Å². The highest BCUT2D eigenvalue weighted by molar-refractivity contribution is 6.25. The smallest absolute Gasteiger partial charge is 0.259 e. The first kappa shape index (κ1) is 19.0. The molecule has 3 N–H and O–H groups in total. The number of carbonyl (C=O) groups is 2. The van der Waals surface area contributed by atoms with Crippen molar-refractivity contribution in [3.05, 3.63) is 77.3 Å². The minimum absolute atomic E-state index is 0.106. The van der Waals surface area contributed by atoms with Crippen molar-refractivity contribution in [3.63, 3.8) is 0 Å². The molecule has 1 aliphatic carbocycles. The van der Waals surface area contributed by atoms with Gasteiger partial charge >= 0.3 is 0 Å². The van der Waals surface area contributed by atoms with Crippen molar-refractivity contribution in [2.75, 3.05) is 5.32 Å². The standard InChI is InChI=1S/C24H21N5O2/c1-13(2)18(10-11-25)27-24(31)17-12-26-29(22(17)14-6-7-14)20-9-8-19-21-15(20)4-3-5-16(21)23(30)28-19/h3-5,8-12,14,25H,1,6-7H2,2H3,(H,27,31)(H,28,30)/b18-10+,25-11?. The fourth-order valence-corrected chi connectivity index (χ4v) is 4.10. The van der Waals surface area contributed by atoms with Crippen molar-refractivity contribution in [2.24, 2.45) is 0 Å². The zero-order valence-corrected chi connectivity index (χ0v) is 17.0. The largest absolute Gasteiger partial charge is 0.322 e. The summed E-state index contributed by atoms with van der Waals surface area (Å²) >= 11 is 0. The predicted octanol–water partition coefficient (Wildman–Crippen LogP) is 4.31. The molecule has 1 fully saturated rings. The minimum Gasteiger partial charge on any atom is -0.322 e. The van der Waals surface area contributed by atoms with Crippen LogP contribution < -0.4 is 10.6 Å². The van der Waals surface area contributed by atoms with E-state index in [1.54, 1.807) is 13.1 Å². The number of allylic oxidation sites excluding steroid dienone is 2. The normalized spacial score (nSPS) is 15.1. The third kappa shape index (κ3) is 3.06. The molecule has 0 atom stereocenters. The number of nitrogens with zero attached hydrogens (tertiary/aromatic N) is 2. The maximum absolute atomic E-state index is 13.1. The van der Waals surface area contributed by atoms with Crippen molar-refractivity contribution >= 4 is 34.5 Å². The summed E-state index contributed by atoms with van der Waals surface area (Å²) in [5.41, 5.74) is 4.83. The number of amides is 2. The number of hydrogen-bond acceptors (Lipinski definition) is 4. The highest BCUT2D eigenvalue weighted by Crippen LogP contribution is 2.44. The van der Waals surface area contributed by atoms with Crippen molar-refractivity contribution in [3.8, 4) is 5.69 Å². The van der Waals surface area contributed by atoms with Crippen LogP contribution in [-0.4, -0.2) is 27.8 Å². The average Bonchev–Trinajstić information content (AvgIpc) is 3.41. The first-order valence-electron chi connectivity index (χ1n) is 10.1. The molecule has 5 rings (SSSR count). The van der Waals surface area contributed by atoms with Gasteiger partial charge in [0, 0.05) is 39.9 Å². The van der Waals surface area contributed by atoms with E-state index in [1.807, 2.05) is 35.0 Å². The molecule has 2 aliphatic rings. The summed E-state index contributed by atoms with van der Waals surface area (Å²) < 4.78 is 1.83. The number of rotatable bonds is 6. The van der Waals surface area contributed by atoms with E-state index < -0.39 is 0 Å². The highest BCUT2D eigenvalue weighted by atomic mass is 16.2. The molecule has 3 aromatic rings. The zero-order chi connectivity index (χ0) is 21.7. The molecule has 0 saturated heterocycles. The minimum atomic E-state index is -0.271. The van der Waals surface area contributed by atoms with Crippen LogP contribution in [-0.2, 0) is 0 Å². The average molecular weight is 411 g/mol. The molecular formula is C24H21N5O2. The van der Waals surface area contributed by atoms with Crippen molar-refractivity contribution in [2.45, 2.75) is 25.7 Å². The topological polar surface area (TPSA) is 99.9 Å². The first-order valence-corrected chi connectivity index (χ1v) is 10.1. The Morgan fingerprint density at radius 3 is 2.84 bits per heavy atom. The van der Waals surface area contributed by atoms with Crippen LogP contribution in [0.15, 0.2) is 60.5 Å². The molecule has 2 heterocycles. The van der Waals surface area contributed by atoms with Crippen LogP contribution in [0.4, 0.5) is 5.69 Å². The third-order valence-electron chi connectivity index (χ3n) is 5.71. The van der Waals surface area contributed by atoms with Crippen LogP contribution in [0, 0.1) is 5.41 Å². The molecule has 1 saturated carbocycles. The lowest BCUT2D eigenvalue weighted by atomic mass is 10.0. The second-order valence-electron chi connectivity index (χ2n) is 7.93. The molecule has 31 heavy (non-hydrogen) atoms. The van der Waals surface area contributed by atoms with Crippen LogP contribution in [0.3, 0.4) is 0 Å². The van der Waals surface area contributed by atoms with E-state index in [0.29, 0.717) is 22.4 Å². The van der Waals surface area contributed by atoms with Gasteiger partial charge in [-0.3, -0.25) is 9.59 Å². The third-order valence-corrected chi connectivity index (χ3v) is 5.71. The Balaban J connectivity index is 1.63. The number of nitrogens with one attached hydrogen (secondary N) is 3. The van der Waals surface area contributed by atoms with Crippen LogP contribution in [0.5, 0.6) is 0 Å². The molecule has 1 aromatic heterocycles. The lowest BCUT2D eigenvalue weighted by Gasteiger charge is -2.13. The maximum atomic E-state index is 13.1. The van der Waals surface area contributed by atoms with E-state index in [-0.39, 0.29) is 17.7 Å². The van der Waals surface area contributed by atoms with E-state index in [4.69, 9.17) is 5.41 Å². The second kappa shape index (κ2) is 7.05. The fourth-order valence-electron chi connectivity index (χ4n) is 4.10. The van der Waals surface area contributed by atoms with E-state index in [9.17, 15) is 9.59 Å². The van der Waals surface area contributed by atoms with Gasteiger partial charge in [-0.15, -0.1) is 0 Å². The first-order chi connectivity index (χ1) is 15.0. The van der Waals surface area contributed by atoms with Gasteiger partial charge in [0.25, 0.3) is 11.8 Å². The van der Waals surface area contributed by atoms with Gasteiger partial charge in [0.05, 0.1) is 23.1 Å². The quantitative estimate of drug-likeness (QED) is 0.416. The Morgan fingerprint density at radius 2 is 2.13 bits per heavy atom. The van der Waals surface area contributed by atoms with Crippen molar-refractivity contribution in [1.29, 1.82) is 5.41 Å². The lowest BCUT2D eigenvalue weighted by Crippen LogP contribution is -2.24. The summed E-state index contributed by atoms with van der Waals surface area (Å²) in [6, 6.07) is 9.47. The molecule has 0 radical (unpaired) electrons. The summed E-state index contributed by atoms with van der Waals surface area (Å²) in [5, 5.41) is 19.4. The summed E-state index contributed by atoms with van der Waals surface area (Å²) in [6.45, 7) is 5.65. The van der Waals surface area contributed by atoms with Gasteiger partial charge in [-0.1, -0.05) is 18.7 Å². The van der Waals surface area contributed by atoms with Crippen LogP contribution in [0.2, 0.25) is 0 Å². The van der Waals surface area contributed by atoms with E-state index >= 15 is 0 Å². The van der Waals surface area contributed by atoms with Gasteiger partial charge in [-0.2, -0.15) is 5.10 Å². The molecule has 2 aromatic carbocycles. The van der Waals surface area contributed by atoms with Gasteiger partial charge in [0.2, 0.25) is 0 Å². The molecule has 1 aliphatic heterocycles. The predicted molar refractivity (Wildman–Crippen MR) is 120 cm³/mol. The van der Waals surface area contributed by atoms with Gasteiger partial charge in [0.1, 0.15) is 0 Å². The van der Waals surface area contributed by atoms with E-state index in [0.717, 1.165) is 46.9 Å². The molecule has 0 bridgehead atoms. The molecule has 7 nitrogen and oxygen atoms in total. The Morgan fingerprint density at radius 1 is 1.32 bits per heavy atom. The molecule has 0 unspecified atom stereocenters. The Bertz CT molecular complexity index is 1330. The summed E-state index contributed by atoms with van der Waals surface area (Å²) in [5.74, 6) is -0.121. The van der Waals surface area contributed by atoms with E-state index in [1.165, 1.54) is 6.08 Å². The molecule has 0 spiro atoms. The van der Waals surface area contributed by atoms with Crippen LogP contribution >= 0.6 is 0 Å². The van der Waals surface area contributed by atoms with Gasteiger partial charge < -0.3 is 16.0 Å². The number of hydrogen-bond donors (Lipinski definition) is 3. The molecular weight excluding hydrogens is 390 g/mol. The summed E-state index contributed by atoms with van der Waals surface area (Å²) in [6.07, 6.45) is 6.22. The number of carbonyl (C=O) groups excluding carboxylic acids is 2. The summed E-state index contributed by atoms with van der Waals surface area (Å²) in [7, 11) is 0. The number of aromatic nitrogens is 2. The van der Waals surface area contributed by atoms with Crippen molar-refractivity contribution in [1.82, 2.24) is 15.1 Å². The maximum Gasteiger partial charge on any atom is 0.259 e. The second-order valence-corrected chi connectivity index (χ2v) is 7.93. The van der Waals surface area contributed by atoms with Gasteiger partial charge in [-0.05, 0) is 49.6 Å². The number of benzene rings is 2. The van der Waals surface area contributed by atoms with Crippen LogP contribution in [0.25, 0.3) is 16.5 Å².